The summed E-state index contributed by atoms with van der Waals surface area (Å²) < 4.78 is 21.2. The molecule has 0 saturated carbocycles. The third kappa shape index (κ3) is 4.69. The van der Waals surface area contributed by atoms with Gasteiger partial charge in [0.2, 0.25) is 0 Å². The summed E-state index contributed by atoms with van der Waals surface area (Å²) in [6, 6.07) is 0. The molecule has 7 N–H and O–H groups in total. The molecule has 154 valence electrons. The standard InChI is InChI=1S/C15H28O11/c1-5(2)24-15-13(22)11(20)9(18)7(26-15)4-23-14-12(21)10(19)8(17)6(3-16)25-14/h5-22H,3-4H2,1-2H3/t6-,7-,8+,9-,10+,11+,12-,13-,14+,15+/m1/s1. The highest BCUT2D eigenvalue weighted by molar-refractivity contribution is 4.91. The number of ether oxygens (including phenoxy) is 4. The summed E-state index contributed by atoms with van der Waals surface area (Å²) in [5.74, 6) is 0. The third-order valence-electron chi connectivity index (χ3n) is 4.35. The molecule has 2 fully saturated rings. The lowest BCUT2D eigenvalue weighted by Crippen LogP contribution is -2.61. The quantitative estimate of drug-likeness (QED) is 0.237. The molecule has 0 spiro atoms. The molecule has 0 amide bonds. The van der Waals surface area contributed by atoms with E-state index in [0.717, 1.165) is 0 Å². The first-order valence-corrected chi connectivity index (χ1v) is 8.44. The van der Waals surface area contributed by atoms with Gasteiger partial charge in [-0.05, 0) is 13.8 Å². The van der Waals surface area contributed by atoms with E-state index in [1.165, 1.54) is 0 Å². The molecular formula is C15H28O11. The highest BCUT2D eigenvalue weighted by Crippen LogP contribution is 2.26. The molecule has 10 atom stereocenters. The molecule has 0 aliphatic carbocycles. The Kier molecular flexibility index (Phi) is 7.71. The second-order valence-corrected chi connectivity index (χ2v) is 6.73. The number of rotatable bonds is 6. The SMILES string of the molecule is CC(C)O[C@H]1O[C@H](CO[C@H]2O[C@H](CO)[C@H](O)[C@H](O)[C@H]2O)[C@@H](O)[C@H](O)[C@H]1O. The van der Waals surface area contributed by atoms with E-state index in [4.69, 9.17) is 24.1 Å². The van der Waals surface area contributed by atoms with E-state index in [9.17, 15) is 30.6 Å². The molecule has 2 aliphatic rings. The largest absolute Gasteiger partial charge is 0.394 e. The number of aliphatic hydroxyl groups is 7. The second kappa shape index (κ2) is 9.17. The van der Waals surface area contributed by atoms with Crippen LogP contribution in [0.25, 0.3) is 0 Å². The minimum atomic E-state index is -1.60. The minimum Gasteiger partial charge on any atom is -0.394 e. The zero-order chi connectivity index (χ0) is 19.6. The average molecular weight is 384 g/mol. The highest BCUT2D eigenvalue weighted by Gasteiger charge is 2.47. The fourth-order valence-electron chi connectivity index (χ4n) is 2.83. The lowest BCUT2D eigenvalue weighted by atomic mass is 9.98. The first-order chi connectivity index (χ1) is 12.2. The Morgan fingerprint density at radius 3 is 1.77 bits per heavy atom. The van der Waals surface area contributed by atoms with Crippen molar-refractivity contribution < 1.29 is 54.7 Å². The molecule has 0 bridgehead atoms. The molecule has 0 unspecified atom stereocenters. The number of aliphatic hydroxyl groups excluding tert-OH is 7. The summed E-state index contributed by atoms with van der Waals surface area (Å²) in [6.07, 6.45) is -14.4. The van der Waals surface area contributed by atoms with E-state index in [2.05, 4.69) is 0 Å². The van der Waals surface area contributed by atoms with E-state index in [1.807, 2.05) is 0 Å². The number of hydrogen-bond donors (Lipinski definition) is 7. The maximum atomic E-state index is 10.0. The van der Waals surface area contributed by atoms with Crippen LogP contribution < -0.4 is 0 Å². The fourth-order valence-corrected chi connectivity index (χ4v) is 2.83. The summed E-state index contributed by atoms with van der Waals surface area (Å²) in [6.45, 7) is 2.41. The van der Waals surface area contributed by atoms with Gasteiger partial charge in [-0.15, -0.1) is 0 Å². The zero-order valence-corrected chi connectivity index (χ0v) is 14.5. The van der Waals surface area contributed by atoms with Crippen LogP contribution in [0, 0.1) is 0 Å². The van der Waals surface area contributed by atoms with Gasteiger partial charge in [0.1, 0.15) is 48.8 Å². The fraction of sp³-hybridized carbons (Fsp3) is 1.00. The Hall–Kier alpha value is -0.440. The van der Waals surface area contributed by atoms with Crippen LogP contribution in [0.3, 0.4) is 0 Å². The van der Waals surface area contributed by atoms with E-state index in [1.54, 1.807) is 13.8 Å². The maximum Gasteiger partial charge on any atom is 0.186 e. The van der Waals surface area contributed by atoms with Crippen molar-refractivity contribution in [2.45, 2.75) is 81.4 Å². The number of hydrogen-bond acceptors (Lipinski definition) is 11. The lowest BCUT2D eigenvalue weighted by Gasteiger charge is -2.43. The topological polar surface area (TPSA) is 179 Å². The molecule has 2 saturated heterocycles. The van der Waals surface area contributed by atoms with Crippen molar-refractivity contribution in [3.63, 3.8) is 0 Å². The van der Waals surface area contributed by atoms with Gasteiger partial charge in [0.25, 0.3) is 0 Å². The van der Waals surface area contributed by atoms with Crippen LogP contribution in [0.1, 0.15) is 13.8 Å². The van der Waals surface area contributed by atoms with Crippen molar-refractivity contribution in [2.24, 2.45) is 0 Å². The summed E-state index contributed by atoms with van der Waals surface area (Å²) in [7, 11) is 0. The van der Waals surface area contributed by atoms with Crippen molar-refractivity contribution in [1.82, 2.24) is 0 Å². The third-order valence-corrected chi connectivity index (χ3v) is 4.35. The van der Waals surface area contributed by atoms with E-state index in [0.29, 0.717) is 0 Å². The van der Waals surface area contributed by atoms with Crippen molar-refractivity contribution >= 4 is 0 Å². The van der Waals surface area contributed by atoms with Gasteiger partial charge in [-0.2, -0.15) is 0 Å². The predicted molar refractivity (Wildman–Crippen MR) is 82.6 cm³/mol. The highest BCUT2D eigenvalue weighted by atomic mass is 16.7. The molecule has 0 aromatic carbocycles. The van der Waals surface area contributed by atoms with Gasteiger partial charge in [0.15, 0.2) is 12.6 Å². The van der Waals surface area contributed by atoms with E-state index >= 15 is 0 Å². The predicted octanol–water partition coefficient (Wildman–Crippen LogP) is -3.96. The van der Waals surface area contributed by atoms with Crippen LogP contribution in [0.2, 0.25) is 0 Å². The van der Waals surface area contributed by atoms with Gasteiger partial charge in [-0.3, -0.25) is 0 Å². The van der Waals surface area contributed by atoms with Crippen LogP contribution in [0.15, 0.2) is 0 Å². The Bertz CT molecular complexity index is 434. The summed E-state index contributed by atoms with van der Waals surface area (Å²) in [4.78, 5) is 0. The smallest absolute Gasteiger partial charge is 0.186 e. The lowest BCUT2D eigenvalue weighted by molar-refractivity contribution is -0.334. The molecule has 0 aromatic rings. The van der Waals surface area contributed by atoms with E-state index in [-0.39, 0.29) is 12.7 Å². The summed E-state index contributed by atoms with van der Waals surface area (Å²) >= 11 is 0. The van der Waals surface area contributed by atoms with Crippen molar-refractivity contribution in [1.29, 1.82) is 0 Å². The van der Waals surface area contributed by atoms with Crippen LogP contribution in [-0.4, -0.2) is 116 Å². The van der Waals surface area contributed by atoms with Crippen LogP contribution in [0.4, 0.5) is 0 Å². The molecule has 26 heavy (non-hydrogen) atoms. The Morgan fingerprint density at radius 2 is 1.23 bits per heavy atom. The first kappa shape index (κ1) is 21.9. The summed E-state index contributed by atoms with van der Waals surface area (Å²) in [5.41, 5.74) is 0. The van der Waals surface area contributed by atoms with Gasteiger partial charge in [0, 0.05) is 0 Å². The Morgan fingerprint density at radius 1 is 0.731 bits per heavy atom. The molecule has 0 radical (unpaired) electrons. The minimum absolute atomic E-state index is 0.316. The van der Waals surface area contributed by atoms with Gasteiger partial charge in [-0.1, -0.05) is 0 Å². The Balaban J connectivity index is 1.98. The normalized spacial score (nSPS) is 47.3. The van der Waals surface area contributed by atoms with Crippen LogP contribution in [-0.2, 0) is 18.9 Å². The van der Waals surface area contributed by atoms with Crippen LogP contribution >= 0.6 is 0 Å². The molecule has 2 aliphatic heterocycles. The van der Waals surface area contributed by atoms with Crippen molar-refractivity contribution in [3.05, 3.63) is 0 Å². The van der Waals surface area contributed by atoms with Gasteiger partial charge in [0.05, 0.1) is 19.3 Å². The maximum absolute atomic E-state index is 10.0. The van der Waals surface area contributed by atoms with Gasteiger partial charge >= 0.3 is 0 Å². The molecule has 2 heterocycles. The van der Waals surface area contributed by atoms with Gasteiger partial charge in [-0.25, -0.2) is 0 Å². The first-order valence-electron chi connectivity index (χ1n) is 8.44. The van der Waals surface area contributed by atoms with Crippen molar-refractivity contribution in [3.8, 4) is 0 Å². The average Bonchev–Trinajstić information content (AvgIpc) is 2.60. The molecular weight excluding hydrogens is 356 g/mol. The zero-order valence-electron chi connectivity index (χ0n) is 14.5. The Labute approximate surface area is 150 Å². The van der Waals surface area contributed by atoms with Gasteiger partial charge < -0.3 is 54.7 Å². The molecule has 11 heteroatoms. The second-order valence-electron chi connectivity index (χ2n) is 6.73. The molecule has 11 nitrogen and oxygen atoms in total. The monoisotopic (exact) mass is 384 g/mol. The van der Waals surface area contributed by atoms with Crippen LogP contribution in [0.5, 0.6) is 0 Å². The molecule has 2 rings (SSSR count). The summed E-state index contributed by atoms with van der Waals surface area (Å²) in [5, 5.41) is 68.4. The van der Waals surface area contributed by atoms with E-state index < -0.39 is 68.0 Å². The molecule has 0 aromatic heterocycles. The van der Waals surface area contributed by atoms with Crippen molar-refractivity contribution in [2.75, 3.05) is 13.2 Å².